The molecule has 0 unspecified atom stereocenters. The van der Waals surface area contributed by atoms with Crippen molar-refractivity contribution >= 4 is 17.5 Å². The van der Waals surface area contributed by atoms with Crippen LogP contribution in [-0.2, 0) is 6.61 Å². The second-order valence-corrected chi connectivity index (χ2v) is 6.36. The third-order valence-corrected chi connectivity index (χ3v) is 4.42. The van der Waals surface area contributed by atoms with E-state index in [0.29, 0.717) is 39.6 Å². The molecule has 0 fully saturated rings. The number of primary amides is 1. The Balaban J connectivity index is 1.76. The lowest BCUT2D eigenvalue weighted by molar-refractivity contribution is 0.0998. The lowest BCUT2D eigenvalue weighted by Crippen LogP contribution is -2.14. The maximum atomic E-state index is 12.7. The van der Waals surface area contributed by atoms with Gasteiger partial charge in [-0.2, -0.15) is 0 Å². The van der Waals surface area contributed by atoms with Crippen LogP contribution in [0.1, 0.15) is 26.3 Å². The molecule has 0 atom stereocenters. The van der Waals surface area contributed by atoms with Crippen LogP contribution in [0.2, 0.25) is 0 Å². The van der Waals surface area contributed by atoms with Crippen molar-refractivity contribution in [2.24, 2.45) is 5.73 Å². The van der Waals surface area contributed by atoms with E-state index in [-0.39, 0.29) is 12.5 Å². The number of hydrogen-bond donors (Lipinski definition) is 2. The van der Waals surface area contributed by atoms with E-state index in [1.807, 2.05) is 12.1 Å². The molecule has 2 amide bonds. The molecular formula is C23H22N2O5. The Hall–Kier alpha value is -4.00. The SMILES string of the molecule is COc1ccc(C(=O)Nc2ccc(C(N)=O)cc2)cc1COc1ccccc1OC. The van der Waals surface area contributed by atoms with Gasteiger partial charge in [0.2, 0.25) is 5.91 Å². The summed E-state index contributed by atoms with van der Waals surface area (Å²) in [7, 11) is 3.13. The predicted molar refractivity (Wildman–Crippen MR) is 113 cm³/mol. The van der Waals surface area contributed by atoms with Gasteiger partial charge in [-0.1, -0.05) is 12.1 Å². The lowest BCUT2D eigenvalue weighted by Gasteiger charge is -2.14. The maximum absolute atomic E-state index is 12.7. The Morgan fingerprint density at radius 2 is 1.47 bits per heavy atom. The largest absolute Gasteiger partial charge is 0.496 e. The minimum absolute atomic E-state index is 0.192. The average molecular weight is 406 g/mol. The van der Waals surface area contributed by atoms with Gasteiger partial charge in [-0.3, -0.25) is 9.59 Å². The molecule has 3 aromatic carbocycles. The molecule has 3 N–H and O–H groups in total. The Kier molecular flexibility index (Phi) is 6.54. The number of carbonyl (C=O) groups is 2. The molecule has 0 bridgehead atoms. The molecule has 0 heterocycles. The number of methoxy groups -OCH3 is 2. The fourth-order valence-corrected chi connectivity index (χ4v) is 2.85. The van der Waals surface area contributed by atoms with Gasteiger partial charge in [0.05, 0.1) is 14.2 Å². The third kappa shape index (κ3) is 4.88. The van der Waals surface area contributed by atoms with E-state index in [9.17, 15) is 9.59 Å². The molecule has 3 rings (SSSR count). The summed E-state index contributed by atoms with van der Waals surface area (Å²) >= 11 is 0. The number of rotatable bonds is 8. The first-order valence-corrected chi connectivity index (χ1v) is 9.15. The van der Waals surface area contributed by atoms with Gasteiger partial charge in [0.1, 0.15) is 12.4 Å². The van der Waals surface area contributed by atoms with Crippen molar-refractivity contribution in [1.82, 2.24) is 0 Å². The van der Waals surface area contributed by atoms with Crippen LogP contribution in [0, 0.1) is 0 Å². The smallest absolute Gasteiger partial charge is 0.255 e. The number of nitrogens with one attached hydrogen (secondary N) is 1. The van der Waals surface area contributed by atoms with Crippen molar-refractivity contribution in [2.75, 3.05) is 19.5 Å². The molecule has 30 heavy (non-hydrogen) atoms. The highest BCUT2D eigenvalue weighted by Crippen LogP contribution is 2.28. The van der Waals surface area contributed by atoms with Crippen molar-refractivity contribution in [3.63, 3.8) is 0 Å². The number of anilines is 1. The summed E-state index contributed by atoms with van der Waals surface area (Å²) in [5.41, 5.74) is 7.30. The molecule has 154 valence electrons. The average Bonchev–Trinajstić information content (AvgIpc) is 2.77. The summed E-state index contributed by atoms with van der Waals surface area (Å²) in [6.45, 7) is 0.192. The first kappa shape index (κ1) is 20.7. The van der Waals surface area contributed by atoms with Gasteiger partial charge < -0.3 is 25.3 Å². The van der Waals surface area contributed by atoms with Crippen LogP contribution in [0.15, 0.2) is 66.7 Å². The highest BCUT2D eigenvalue weighted by Gasteiger charge is 2.13. The molecular weight excluding hydrogens is 384 g/mol. The van der Waals surface area contributed by atoms with Gasteiger partial charge in [0, 0.05) is 22.4 Å². The van der Waals surface area contributed by atoms with Crippen LogP contribution in [0.5, 0.6) is 17.2 Å². The number of para-hydroxylation sites is 2. The van der Waals surface area contributed by atoms with Crippen LogP contribution in [0.3, 0.4) is 0 Å². The Morgan fingerprint density at radius 3 is 2.10 bits per heavy atom. The molecule has 0 saturated heterocycles. The van der Waals surface area contributed by atoms with E-state index >= 15 is 0 Å². The van der Waals surface area contributed by atoms with Crippen LogP contribution >= 0.6 is 0 Å². The quantitative estimate of drug-likeness (QED) is 0.595. The molecule has 0 saturated carbocycles. The van der Waals surface area contributed by atoms with E-state index in [4.69, 9.17) is 19.9 Å². The molecule has 0 aliphatic heterocycles. The number of amides is 2. The van der Waals surface area contributed by atoms with Crippen molar-refractivity contribution in [3.8, 4) is 17.2 Å². The zero-order chi connectivity index (χ0) is 21.5. The molecule has 0 aliphatic carbocycles. The second kappa shape index (κ2) is 9.47. The first-order valence-electron chi connectivity index (χ1n) is 9.15. The summed E-state index contributed by atoms with van der Waals surface area (Å²) in [4.78, 5) is 23.8. The van der Waals surface area contributed by atoms with Crippen LogP contribution < -0.4 is 25.3 Å². The zero-order valence-corrected chi connectivity index (χ0v) is 16.7. The molecule has 0 radical (unpaired) electrons. The van der Waals surface area contributed by atoms with Crippen molar-refractivity contribution < 1.29 is 23.8 Å². The van der Waals surface area contributed by atoms with Crippen molar-refractivity contribution in [3.05, 3.63) is 83.4 Å². The Morgan fingerprint density at radius 1 is 0.833 bits per heavy atom. The van der Waals surface area contributed by atoms with Gasteiger partial charge in [-0.05, 0) is 54.6 Å². The van der Waals surface area contributed by atoms with Crippen molar-refractivity contribution in [1.29, 1.82) is 0 Å². The molecule has 3 aromatic rings. The first-order chi connectivity index (χ1) is 14.5. The number of hydrogen-bond acceptors (Lipinski definition) is 5. The van der Waals surface area contributed by atoms with Crippen LogP contribution in [0.4, 0.5) is 5.69 Å². The summed E-state index contributed by atoms with van der Waals surface area (Å²) in [5, 5.41) is 2.79. The Labute approximate surface area is 174 Å². The lowest BCUT2D eigenvalue weighted by atomic mass is 10.1. The third-order valence-electron chi connectivity index (χ3n) is 4.42. The van der Waals surface area contributed by atoms with E-state index in [0.717, 1.165) is 0 Å². The number of carbonyl (C=O) groups excluding carboxylic acids is 2. The molecule has 7 nitrogen and oxygen atoms in total. The number of benzene rings is 3. The molecule has 0 spiro atoms. The van der Waals surface area contributed by atoms with Gasteiger partial charge in [-0.25, -0.2) is 0 Å². The zero-order valence-electron chi connectivity index (χ0n) is 16.7. The van der Waals surface area contributed by atoms with Gasteiger partial charge in [0.15, 0.2) is 11.5 Å². The topological polar surface area (TPSA) is 99.9 Å². The summed E-state index contributed by atoms with van der Waals surface area (Å²) in [5.74, 6) is 0.981. The maximum Gasteiger partial charge on any atom is 0.255 e. The normalized spacial score (nSPS) is 10.2. The van der Waals surface area contributed by atoms with Crippen LogP contribution in [0.25, 0.3) is 0 Å². The van der Waals surface area contributed by atoms with E-state index in [1.165, 1.54) is 0 Å². The fraction of sp³-hybridized carbons (Fsp3) is 0.130. The minimum atomic E-state index is -0.525. The number of nitrogens with two attached hydrogens (primary N) is 1. The number of ether oxygens (including phenoxy) is 3. The standard InChI is InChI=1S/C23H22N2O5/c1-28-19-12-9-16(23(27)25-18-10-7-15(8-11-18)22(24)26)13-17(19)14-30-21-6-4-3-5-20(21)29-2/h3-13H,14H2,1-2H3,(H2,24,26)(H,25,27). The molecule has 0 aromatic heterocycles. The highest BCUT2D eigenvalue weighted by molar-refractivity contribution is 6.04. The van der Waals surface area contributed by atoms with Gasteiger partial charge >= 0.3 is 0 Å². The summed E-state index contributed by atoms with van der Waals surface area (Å²) < 4.78 is 16.5. The van der Waals surface area contributed by atoms with E-state index in [1.54, 1.807) is 68.8 Å². The van der Waals surface area contributed by atoms with E-state index < -0.39 is 5.91 Å². The van der Waals surface area contributed by atoms with Crippen molar-refractivity contribution in [2.45, 2.75) is 6.61 Å². The summed E-state index contributed by atoms with van der Waals surface area (Å²) in [6.07, 6.45) is 0. The fourth-order valence-electron chi connectivity index (χ4n) is 2.85. The molecule has 0 aliphatic rings. The predicted octanol–water partition coefficient (Wildman–Crippen LogP) is 3.63. The van der Waals surface area contributed by atoms with Crippen LogP contribution in [-0.4, -0.2) is 26.0 Å². The van der Waals surface area contributed by atoms with Gasteiger partial charge in [0.25, 0.3) is 5.91 Å². The monoisotopic (exact) mass is 406 g/mol. The molecule has 7 heteroatoms. The minimum Gasteiger partial charge on any atom is -0.496 e. The Bertz CT molecular complexity index is 1050. The second-order valence-electron chi connectivity index (χ2n) is 6.36. The van der Waals surface area contributed by atoms with Gasteiger partial charge in [-0.15, -0.1) is 0 Å². The highest BCUT2D eigenvalue weighted by atomic mass is 16.5. The van der Waals surface area contributed by atoms with E-state index in [2.05, 4.69) is 5.32 Å². The summed E-state index contributed by atoms with van der Waals surface area (Å²) in [6, 6.07) is 18.7.